The van der Waals surface area contributed by atoms with E-state index < -0.39 is 0 Å². The summed E-state index contributed by atoms with van der Waals surface area (Å²) in [6.45, 7) is 15.6. The second-order valence-corrected chi connectivity index (χ2v) is 8.08. The number of hydrogen-bond donors (Lipinski definition) is 1. The van der Waals surface area contributed by atoms with Gasteiger partial charge in [0.1, 0.15) is 0 Å². The molecule has 0 bridgehead atoms. The molecule has 6 heteroatoms. The minimum absolute atomic E-state index is 0.346. The second-order valence-electron chi connectivity index (χ2n) is 8.08. The van der Waals surface area contributed by atoms with Crippen molar-refractivity contribution in [3.05, 3.63) is 0 Å². The average molecular weight is 353 g/mol. The van der Waals surface area contributed by atoms with Crippen LogP contribution in [0.4, 0.5) is 0 Å². The zero-order chi connectivity index (χ0) is 17.7. The molecule has 3 aliphatic rings. The number of ether oxygens (including phenoxy) is 2. The summed E-state index contributed by atoms with van der Waals surface area (Å²) >= 11 is 0. The van der Waals surface area contributed by atoms with Gasteiger partial charge in [-0.1, -0.05) is 0 Å². The molecule has 3 heterocycles. The maximum Gasteiger partial charge on any atom is 0.193 e. The van der Waals surface area contributed by atoms with Gasteiger partial charge in [0.2, 0.25) is 0 Å². The van der Waals surface area contributed by atoms with Gasteiger partial charge in [0.05, 0.1) is 18.8 Å². The average Bonchev–Trinajstić information content (AvgIpc) is 3.20. The lowest BCUT2D eigenvalue weighted by molar-refractivity contribution is -0.0679. The molecule has 3 aliphatic heterocycles. The monoisotopic (exact) mass is 352 g/mol. The summed E-state index contributed by atoms with van der Waals surface area (Å²) in [4.78, 5) is 9.86. The Morgan fingerprint density at radius 2 is 2.04 bits per heavy atom. The molecule has 0 aromatic carbocycles. The molecule has 3 fully saturated rings. The third-order valence-electron chi connectivity index (χ3n) is 5.65. The summed E-state index contributed by atoms with van der Waals surface area (Å²) in [5.74, 6) is 1.09. The van der Waals surface area contributed by atoms with Crippen LogP contribution in [0.15, 0.2) is 4.99 Å². The van der Waals surface area contributed by atoms with E-state index in [0.29, 0.717) is 17.6 Å². The first-order valence-electron chi connectivity index (χ1n) is 10.1. The van der Waals surface area contributed by atoms with Crippen molar-refractivity contribution in [1.82, 2.24) is 15.1 Å². The Balaban J connectivity index is 1.46. The van der Waals surface area contributed by atoms with Crippen molar-refractivity contribution >= 4 is 5.96 Å². The standard InChI is InChI=1S/C19H36N4O2/c1-4-20-18(23-10-6-19(14-23)7-11-24-15-19)21-8-5-9-22-12-16(2)25-17(3)13-22/h16-17H,4-15H2,1-3H3,(H,20,21). The van der Waals surface area contributed by atoms with Crippen molar-refractivity contribution in [3.8, 4) is 0 Å². The SMILES string of the molecule is CCNC(=NCCCN1CC(C)OC(C)C1)N1CCC2(CCOC2)C1. The van der Waals surface area contributed by atoms with Crippen molar-refractivity contribution in [1.29, 1.82) is 0 Å². The van der Waals surface area contributed by atoms with Crippen LogP contribution in [0.2, 0.25) is 0 Å². The second kappa shape index (κ2) is 8.69. The van der Waals surface area contributed by atoms with Gasteiger partial charge in [-0.15, -0.1) is 0 Å². The summed E-state index contributed by atoms with van der Waals surface area (Å²) in [5.41, 5.74) is 0.385. The smallest absolute Gasteiger partial charge is 0.193 e. The van der Waals surface area contributed by atoms with Gasteiger partial charge in [-0.05, 0) is 40.0 Å². The molecule has 0 aliphatic carbocycles. The molecule has 3 rings (SSSR count). The molecule has 1 N–H and O–H groups in total. The number of nitrogens with one attached hydrogen (secondary N) is 1. The highest BCUT2D eigenvalue weighted by molar-refractivity contribution is 5.80. The van der Waals surface area contributed by atoms with Crippen molar-refractivity contribution in [2.45, 2.75) is 52.2 Å². The third-order valence-corrected chi connectivity index (χ3v) is 5.65. The van der Waals surface area contributed by atoms with E-state index in [1.807, 2.05) is 0 Å². The molecule has 1 spiro atoms. The molecule has 144 valence electrons. The lowest BCUT2D eigenvalue weighted by atomic mass is 9.87. The lowest BCUT2D eigenvalue weighted by Gasteiger charge is -2.35. The Hall–Kier alpha value is -0.850. The van der Waals surface area contributed by atoms with Gasteiger partial charge in [0, 0.05) is 57.8 Å². The zero-order valence-electron chi connectivity index (χ0n) is 16.3. The molecular formula is C19H36N4O2. The fourth-order valence-corrected chi connectivity index (χ4v) is 4.46. The predicted octanol–water partition coefficient (Wildman–Crippen LogP) is 1.56. The summed E-state index contributed by atoms with van der Waals surface area (Å²) < 4.78 is 11.5. The quantitative estimate of drug-likeness (QED) is 0.462. The number of guanidine groups is 1. The largest absolute Gasteiger partial charge is 0.381 e. The van der Waals surface area contributed by atoms with E-state index in [4.69, 9.17) is 14.5 Å². The van der Waals surface area contributed by atoms with Crippen LogP contribution in [-0.4, -0.2) is 87.0 Å². The molecule has 0 aromatic rings. The Morgan fingerprint density at radius 1 is 1.24 bits per heavy atom. The highest BCUT2D eigenvalue weighted by Crippen LogP contribution is 2.38. The number of nitrogens with zero attached hydrogens (tertiary/aromatic N) is 3. The van der Waals surface area contributed by atoms with E-state index in [1.165, 1.54) is 12.8 Å². The van der Waals surface area contributed by atoms with Gasteiger partial charge in [0.15, 0.2) is 5.96 Å². The number of hydrogen-bond acceptors (Lipinski definition) is 4. The molecule has 3 saturated heterocycles. The molecule has 6 nitrogen and oxygen atoms in total. The van der Waals surface area contributed by atoms with Crippen LogP contribution in [0.1, 0.15) is 40.0 Å². The van der Waals surface area contributed by atoms with Gasteiger partial charge in [0.25, 0.3) is 0 Å². The Bertz CT molecular complexity index is 441. The molecule has 3 unspecified atom stereocenters. The maximum absolute atomic E-state index is 5.81. The van der Waals surface area contributed by atoms with E-state index in [1.54, 1.807) is 0 Å². The fraction of sp³-hybridized carbons (Fsp3) is 0.947. The van der Waals surface area contributed by atoms with Gasteiger partial charge >= 0.3 is 0 Å². The number of likely N-dealkylation sites (tertiary alicyclic amines) is 1. The van der Waals surface area contributed by atoms with Crippen LogP contribution in [0.25, 0.3) is 0 Å². The molecule has 0 saturated carbocycles. The van der Waals surface area contributed by atoms with Crippen molar-refractivity contribution in [2.24, 2.45) is 10.4 Å². The first-order valence-corrected chi connectivity index (χ1v) is 10.1. The molecular weight excluding hydrogens is 316 g/mol. The summed E-state index contributed by atoms with van der Waals surface area (Å²) in [7, 11) is 0. The van der Waals surface area contributed by atoms with Crippen molar-refractivity contribution in [2.75, 3.05) is 59.0 Å². The Morgan fingerprint density at radius 3 is 2.72 bits per heavy atom. The van der Waals surface area contributed by atoms with Gasteiger partial charge < -0.3 is 19.7 Å². The van der Waals surface area contributed by atoms with Crippen LogP contribution in [0.5, 0.6) is 0 Å². The number of aliphatic imine (C=N–C) groups is 1. The summed E-state index contributed by atoms with van der Waals surface area (Å²) in [6, 6.07) is 0. The number of morpholine rings is 1. The summed E-state index contributed by atoms with van der Waals surface area (Å²) in [5, 5.41) is 3.48. The van der Waals surface area contributed by atoms with E-state index in [2.05, 4.69) is 35.9 Å². The zero-order valence-corrected chi connectivity index (χ0v) is 16.3. The van der Waals surface area contributed by atoms with E-state index in [9.17, 15) is 0 Å². The van der Waals surface area contributed by atoms with E-state index in [-0.39, 0.29) is 0 Å². The van der Waals surface area contributed by atoms with Crippen LogP contribution >= 0.6 is 0 Å². The highest BCUT2D eigenvalue weighted by Gasteiger charge is 2.42. The van der Waals surface area contributed by atoms with Gasteiger partial charge in [-0.2, -0.15) is 0 Å². The minimum Gasteiger partial charge on any atom is -0.381 e. The van der Waals surface area contributed by atoms with Crippen LogP contribution in [0.3, 0.4) is 0 Å². The lowest BCUT2D eigenvalue weighted by Crippen LogP contribution is -2.45. The van der Waals surface area contributed by atoms with Crippen molar-refractivity contribution in [3.63, 3.8) is 0 Å². The molecule has 0 amide bonds. The molecule has 25 heavy (non-hydrogen) atoms. The minimum atomic E-state index is 0.346. The Labute approximate surface area is 152 Å². The van der Waals surface area contributed by atoms with Gasteiger partial charge in [-0.25, -0.2) is 0 Å². The van der Waals surface area contributed by atoms with Crippen LogP contribution < -0.4 is 5.32 Å². The van der Waals surface area contributed by atoms with Gasteiger partial charge in [-0.3, -0.25) is 9.89 Å². The van der Waals surface area contributed by atoms with Crippen molar-refractivity contribution < 1.29 is 9.47 Å². The molecule has 0 aromatic heterocycles. The normalized spacial score (nSPS) is 34.2. The highest BCUT2D eigenvalue weighted by atomic mass is 16.5. The summed E-state index contributed by atoms with van der Waals surface area (Å²) in [6.07, 6.45) is 4.24. The Kier molecular flexibility index (Phi) is 6.58. The third kappa shape index (κ3) is 5.08. The van der Waals surface area contributed by atoms with E-state index in [0.717, 1.165) is 71.4 Å². The molecule has 0 radical (unpaired) electrons. The predicted molar refractivity (Wildman–Crippen MR) is 101 cm³/mol. The van der Waals surface area contributed by atoms with Crippen LogP contribution in [-0.2, 0) is 9.47 Å². The molecule has 3 atom stereocenters. The number of rotatable bonds is 5. The first-order chi connectivity index (χ1) is 12.1. The first kappa shape index (κ1) is 18.9. The van der Waals surface area contributed by atoms with Crippen LogP contribution in [0, 0.1) is 5.41 Å². The maximum atomic E-state index is 5.81. The van der Waals surface area contributed by atoms with E-state index >= 15 is 0 Å². The topological polar surface area (TPSA) is 49.3 Å². The fourth-order valence-electron chi connectivity index (χ4n) is 4.46.